The highest BCUT2D eigenvalue weighted by Crippen LogP contribution is 2.16. The molecule has 0 amide bonds. The molecule has 0 aliphatic carbocycles. The summed E-state index contributed by atoms with van der Waals surface area (Å²) in [6, 6.07) is 10.2. The third-order valence-corrected chi connectivity index (χ3v) is 3.03. The zero-order valence-electron chi connectivity index (χ0n) is 9.43. The van der Waals surface area contributed by atoms with Crippen LogP contribution in [0.4, 0.5) is 0 Å². The first-order valence-corrected chi connectivity index (χ1v) is 5.86. The summed E-state index contributed by atoms with van der Waals surface area (Å²) in [5.74, 6) is 0.309. The highest BCUT2D eigenvalue weighted by Gasteiger charge is 2.23. The van der Waals surface area contributed by atoms with Crippen molar-refractivity contribution < 1.29 is 9.84 Å². The number of benzene rings is 1. The van der Waals surface area contributed by atoms with Crippen LogP contribution in [0.2, 0.25) is 0 Å². The molecule has 0 spiro atoms. The lowest BCUT2D eigenvalue weighted by Crippen LogP contribution is -2.32. The van der Waals surface area contributed by atoms with E-state index in [-0.39, 0.29) is 6.10 Å². The van der Waals surface area contributed by atoms with Gasteiger partial charge >= 0.3 is 0 Å². The highest BCUT2D eigenvalue weighted by atomic mass is 16.5. The van der Waals surface area contributed by atoms with Gasteiger partial charge in [-0.05, 0) is 12.0 Å². The van der Waals surface area contributed by atoms with Crippen LogP contribution in [0, 0.1) is 5.92 Å². The monoisotopic (exact) mass is 221 g/mol. The lowest BCUT2D eigenvalue weighted by molar-refractivity contribution is 0.0906. The zero-order chi connectivity index (χ0) is 11.2. The van der Waals surface area contributed by atoms with E-state index in [0.717, 1.165) is 19.6 Å². The van der Waals surface area contributed by atoms with Crippen molar-refractivity contribution in [2.75, 3.05) is 19.8 Å². The van der Waals surface area contributed by atoms with E-state index in [2.05, 4.69) is 17.4 Å². The van der Waals surface area contributed by atoms with Gasteiger partial charge in [0.2, 0.25) is 0 Å². The van der Waals surface area contributed by atoms with Crippen molar-refractivity contribution in [1.82, 2.24) is 5.32 Å². The smallest absolute Gasteiger partial charge is 0.0715 e. The van der Waals surface area contributed by atoms with Crippen LogP contribution in [0.5, 0.6) is 0 Å². The van der Waals surface area contributed by atoms with E-state index in [1.54, 1.807) is 0 Å². The predicted octanol–water partition coefficient (Wildman–Crippen LogP) is 1.17. The molecule has 0 saturated carbocycles. The summed E-state index contributed by atoms with van der Waals surface area (Å²) in [6.07, 6.45) is 0.694. The third kappa shape index (κ3) is 3.30. The fourth-order valence-corrected chi connectivity index (χ4v) is 1.98. The summed E-state index contributed by atoms with van der Waals surface area (Å²) in [5, 5.41) is 13.2. The van der Waals surface area contributed by atoms with Gasteiger partial charge < -0.3 is 15.2 Å². The Morgan fingerprint density at radius 1 is 1.38 bits per heavy atom. The first kappa shape index (κ1) is 11.6. The van der Waals surface area contributed by atoms with Crippen LogP contribution in [-0.2, 0) is 11.3 Å². The van der Waals surface area contributed by atoms with Gasteiger partial charge in [-0.15, -0.1) is 0 Å². The molecule has 16 heavy (non-hydrogen) atoms. The largest absolute Gasteiger partial charge is 0.391 e. The molecule has 1 heterocycles. The summed E-state index contributed by atoms with van der Waals surface area (Å²) >= 11 is 0. The molecule has 0 bridgehead atoms. The molecule has 1 aromatic carbocycles. The van der Waals surface area contributed by atoms with Crippen LogP contribution in [0.25, 0.3) is 0 Å². The van der Waals surface area contributed by atoms with Gasteiger partial charge in [0, 0.05) is 25.6 Å². The van der Waals surface area contributed by atoms with E-state index in [1.165, 1.54) is 5.56 Å². The average Bonchev–Trinajstić information content (AvgIpc) is 2.84. The quantitative estimate of drug-likeness (QED) is 0.784. The number of hydrogen-bond acceptors (Lipinski definition) is 3. The predicted molar refractivity (Wildman–Crippen MR) is 63.1 cm³/mol. The summed E-state index contributed by atoms with van der Waals surface area (Å²) in [5.41, 5.74) is 1.25. The standard InChI is InChI=1S/C13H19NO2/c15-13(12-6-7-16-10-12)9-14-8-11-4-2-1-3-5-11/h1-5,12-15H,6-10H2. The Kier molecular flexibility index (Phi) is 4.34. The lowest BCUT2D eigenvalue weighted by atomic mass is 10.0. The molecule has 1 fully saturated rings. The summed E-state index contributed by atoms with van der Waals surface area (Å²) in [6.45, 7) is 2.95. The second kappa shape index (κ2) is 5.99. The summed E-state index contributed by atoms with van der Waals surface area (Å²) in [4.78, 5) is 0. The van der Waals surface area contributed by atoms with Gasteiger partial charge in [-0.25, -0.2) is 0 Å². The fourth-order valence-electron chi connectivity index (χ4n) is 1.98. The van der Waals surface area contributed by atoms with Crippen molar-refractivity contribution in [1.29, 1.82) is 0 Å². The Balaban J connectivity index is 1.67. The topological polar surface area (TPSA) is 41.5 Å². The molecule has 3 heteroatoms. The molecule has 2 rings (SSSR count). The van der Waals surface area contributed by atoms with Crippen molar-refractivity contribution in [2.45, 2.75) is 19.1 Å². The van der Waals surface area contributed by atoms with Gasteiger partial charge in [-0.2, -0.15) is 0 Å². The molecule has 0 aromatic heterocycles. The minimum Gasteiger partial charge on any atom is -0.391 e. The molecule has 2 N–H and O–H groups in total. The van der Waals surface area contributed by atoms with Crippen LogP contribution in [0.15, 0.2) is 30.3 Å². The molecule has 1 aromatic rings. The third-order valence-electron chi connectivity index (χ3n) is 3.03. The molecule has 1 aliphatic rings. The van der Waals surface area contributed by atoms with Gasteiger partial charge in [0.25, 0.3) is 0 Å². The van der Waals surface area contributed by atoms with Crippen LogP contribution < -0.4 is 5.32 Å². The van der Waals surface area contributed by atoms with Gasteiger partial charge in [-0.3, -0.25) is 0 Å². The molecule has 1 saturated heterocycles. The maximum atomic E-state index is 9.88. The van der Waals surface area contributed by atoms with Crippen molar-refractivity contribution in [3.8, 4) is 0 Å². The van der Waals surface area contributed by atoms with Gasteiger partial charge in [0.15, 0.2) is 0 Å². The van der Waals surface area contributed by atoms with Gasteiger partial charge in [-0.1, -0.05) is 30.3 Å². The fraction of sp³-hybridized carbons (Fsp3) is 0.538. The van der Waals surface area contributed by atoms with E-state index in [9.17, 15) is 5.11 Å². The first-order chi connectivity index (χ1) is 7.86. The van der Waals surface area contributed by atoms with Crippen molar-refractivity contribution >= 4 is 0 Å². The van der Waals surface area contributed by atoms with Crippen molar-refractivity contribution in [3.05, 3.63) is 35.9 Å². The van der Waals surface area contributed by atoms with Gasteiger partial charge in [0.1, 0.15) is 0 Å². The number of aliphatic hydroxyl groups is 1. The lowest BCUT2D eigenvalue weighted by Gasteiger charge is -2.16. The van der Waals surface area contributed by atoms with Crippen LogP contribution in [0.1, 0.15) is 12.0 Å². The van der Waals surface area contributed by atoms with Crippen molar-refractivity contribution in [2.24, 2.45) is 5.92 Å². The number of ether oxygens (including phenoxy) is 1. The number of hydrogen-bond donors (Lipinski definition) is 2. The molecule has 0 radical (unpaired) electrons. The summed E-state index contributed by atoms with van der Waals surface area (Å²) < 4.78 is 5.26. The molecule has 2 unspecified atom stereocenters. The second-order valence-electron chi connectivity index (χ2n) is 4.31. The minimum atomic E-state index is -0.286. The Bertz CT molecular complexity index is 296. The maximum Gasteiger partial charge on any atom is 0.0715 e. The Morgan fingerprint density at radius 3 is 2.88 bits per heavy atom. The normalized spacial score (nSPS) is 22.2. The maximum absolute atomic E-state index is 9.88. The zero-order valence-corrected chi connectivity index (χ0v) is 9.43. The van der Waals surface area contributed by atoms with Crippen LogP contribution in [0.3, 0.4) is 0 Å². The van der Waals surface area contributed by atoms with Gasteiger partial charge in [0.05, 0.1) is 12.7 Å². The van der Waals surface area contributed by atoms with E-state index < -0.39 is 0 Å². The van der Waals surface area contributed by atoms with Crippen LogP contribution in [-0.4, -0.2) is 31.0 Å². The molecular formula is C13H19NO2. The highest BCUT2D eigenvalue weighted by molar-refractivity contribution is 5.14. The Morgan fingerprint density at radius 2 is 2.19 bits per heavy atom. The average molecular weight is 221 g/mol. The van der Waals surface area contributed by atoms with E-state index in [0.29, 0.717) is 19.1 Å². The molecule has 3 nitrogen and oxygen atoms in total. The van der Waals surface area contributed by atoms with Crippen molar-refractivity contribution in [3.63, 3.8) is 0 Å². The molecule has 88 valence electrons. The minimum absolute atomic E-state index is 0.286. The molecular weight excluding hydrogens is 202 g/mol. The van der Waals surface area contributed by atoms with E-state index >= 15 is 0 Å². The SMILES string of the molecule is OC(CNCc1ccccc1)C1CCOC1. The Hall–Kier alpha value is -0.900. The second-order valence-corrected chi connectivity index (χ2v) is 4.31. The van der Waals surface area contributed by atoms with Crippen LogP contribution >= 0.6 is 0 Å². The van der Waals surface area contributed by atoms with E-state index in [1.807, 2.05) is 18.2 Å². The van der Waals surface area contributed by atoms with E-state index in [4.69, 9.17) is 4.74 Å². The molecule has 1 aliphatic heterocycles. The first-order valence-electron chi connectivity index (χ1n) is 5.86. The number of nitrogens with one attached hydrogen (secondary N) is 1. The molecule has 2 atom stereocenters. The summed E-state index contributed by atoms with van der Waals surface area (Å²) in [7, 11) is 0. The number of aliphatic hydroxyl groups excluding tert-OH is 1. The number of rotatable bonds is 5. The Labute approximate surface area is 96.4 Å².